The Hall–Kier alpha value is -1.10. The molecule has 0 aliphatic rings. The third-order valence-corrected chi connectivity index (χ3v) is 2.24. The summed E-state index contributed by atoms with van der Waals surface area (Å²) in [6.45, 7) is 0. The number of hydrogen-bond acceptors (Lipinski definition) is 2. The molecule has 2 nitrogen and oxygen atoms in total. The highest BCUT2D eigenvalue weighted by Gasteiger charge is 2.18. The first-order valence-electron chi connectivity index (χ1n) is 3.33. The first kappa shape index (κ1) is 9.98. The Bertz CT molecular complexity index is 352. The van der Waals surface area contributed by atoms with Crippen LogP contribution < -0.4 is 0 Å². The summed E-state index contributed by atoms with van der Waals surface area (Å²) in [5.74, 6) is -3.66. The molecule has 70 valence electrons. The first-order chi connectivity index (χ1) is 6.07. The Balaban J connectivity index is 3.38. The van der Waals surface area contributed by atoms with Gasteiger partial charge in [-0.2, -0.15) is 0 Å². The van der Waals surface area contributed by atoms with E-state index in [0.717, 1.165) is 17.8 Å². The van der Waals surface area contributed by atoms with Gasteiger partial charge in [-0.25, -0.2) is 13.6 Å². The highest BCUT2D eigenvalue weighted by Crippen LogP contribution is 2.23. The fourth-order valence-electron chi connectivity index (χ4n) is 0.887. The quantitative estimate of drug-likeness (QED) is 0.751. The van der Waals surface area contributed by atoms with Crippen LogP contribution in [-0.4, -0.2) is 17.3 Å². The van der Waals surface area contributed by atoms with E-state index >= 15 is 0 Å². The van der Waals surface area contributed by atoms with Crippen LogP contribution in [0.2, 0.25) is 0 Å². The van der Waals surface area contributed by atoms with E-state index < -0.39 is 23.2 Å². The van der Waals surface area contributed by atoms with Crippen LogP contribution in [0, 0.1) is 11.6 Å². The molecule has 0 amide bonds. The van der Waals surface area contributed by atoms with Gasteiger partial charge >= 0.3 is 5.97 Å². The van der Waals surface area contributed by atoms with Crippen LogP contribution in [0.3, 0.4) is 0 Å². The lowest BCUT2D eigenvalue weighted by atomic mass is 10.2. The van der Waals surface area contributed by atoms with E-state index in [4.69, 9.17) is 5.11 Å². The molecule has 13 heavy (non-hydrogen) atoms. The molecule has 0 aliphatic carbocycles. The van der Waals surface area contributed by atoms with Crippen molar-refractivity contribution in [3.8, 4) is 0 Å². The highest BCUT2D eigenvalue weighted by atomic mass is 32.2. The maximum atomic E-state index is 13.1. The number of halogens is 2. The highest BCUT2D eigenvalue weighted by molar-refractivity contribution is 7.98. The molecule has 0 saturated carbocycles. The summed E-state index contributed by atoms with van der Waals surface area (Å²) < 4.78 is 25.9. The number of rotatable bonds is 2. The van der Waals surface area contributed by atoms with Crippen LogP contribution in [0.5, 0.6) is 0 Å². The molecule has 1 rings (SSSR count). The van der Waals surface area contributed by atoms with Crippen molar-refractivity contribution in [3.63, 3.8) is 0 Å². The fourth-order valence-corrected chi connectivity index (χ4v) is 1.37. The van der Waals surface area contributed by atoms with Crippen molar-refractivity contribution >= 4 is 17.7 Å². The third-order valence-electron chi connectivity index (χ3n) is 1.49. The average Bonchev–Trinajstić information content (AvgIpc) is 2.04. The largest absolute Gasteiger partial charge is 0.477 e. The number of carboxylic acid groups (broad SMARTS) is 1. The predicted octanol–water partition coefficient (Wildman–Crippen LogP) is 2.38. The SMILES string of the molecule is CSc1ccc(F)c(C(=O)O)c1F. The molecule has 0 fully saturated rings. The Morgan fingerprint density at radius 1 is 1.46 bits per heavy atom. The number of carboxylic acids is 1. The molecule has 1 N–H and O–H groups in total. The summed E-state index contributed by atoms with van der Waals surface area (Å²) in [7, 11) is 0. The number of benzene rings is 1. The molecule has 0 atom stereocenters. The van der Waals surface area contributed by atoms with Gasteiger partial charge in [-0.05, 0) is 18.4 Å². The molecule has 0 heterocycles. The first-order valence-corrected chi connectivity index (χ1v) is 4.55. The van der Waals surface area contributed by atoms with Gasteiger partial charge in [-0.15, -0.1) is 11.8 Å². The van der Waals surface area contributed by atoms with Gasteiger partial charge in [0.25, 0.3) is 0 Å². The zero-order chi connectivity index (χ0) is 10.0. The van der Waals surface area contributed by atoms with Crippen molar-refractivity contribution in [2.45, 2.75) is 4.90 Å². The topological polar surface area (TPSA) is 37.3 Å². The lowest BCUT2D eigenvalue weighted by Gasteiger charge is -2.03. The minimum Gasteiger partial charge on any atom is -0.477 e. The molecule has 1 aromatic rings. The second-order valence-corrected chi connectivity index (χ2v) is 3.09. The molecular formula is C8H6F2O2S. The van der Waals surface area contributed by atoms with E-state index in [-0.39, 0.29) is 4.90 Å². The van der Waals surface area contributed by atoms with Crippen molar-refractivity contribution in [1.82, 2.24) is 0 Å². The van der Waals surface area contributed by atoms with Crippen LogP contribution in [0.4, 0.5) is 8.78 Å². The van der Waals surface area contributed by atoms with Crippen LogP contribution in [-0.2, 0) is 0 Å². The Morgan fingerprint density at radius 2 is 2.08 bits per heavy atom. The normalized spacial score (nSPS) is 10.1. The maximum Gasteiger partial charge on any atom is 0.341 e. The molecular weight excluding hydrogens is 198 g/mol. The minimum atomic E-state index is -1.59. The molecule has 0 aromatic heterocycles. The van der Waals surface area contributed by atoms with Gasteiger partial charge in [-0.1, -0.05) is 0 Å². The van der Waals surface area contributed by atoms with Crippen LogP contribution in [0.25, 0.3) is 0 Å². The van der Waals surface area contributed by atoms with E-state index in [1.807, 2.05) is 0 Å². The van der Waals surface area contributed by atoms with E-state index in [1.54, 1.807) is 6.26 Å². The van der Waals surface area contributed by atoms with Crippen LogP contribution >= 0.6 is 11.8 Å². The van der Waals surface area contributed by atoms with Crippen molar-refractivity contribution in [2.75, 3.05) is 6.26 Å². The van der Waals surface area contributed by atoms with Gasteiger partial charge in [0.1, 0.15) is 11.4 Å². The number of thioether (sulfide) groups is 1. The third kappa shape index (κ3) is 1.80. The second-order valence-electron chi connectivity index (χ2n) is 2.24. The van der Waals surface area contributed by atoms with Crippen LogP contribution in [0.1, 0.15) is 10.4 Å². The summed E-state index contributed by atoms with van der Waals surface area (Å²) in [6, 6.07) is 2.15. The Labute approximate surface area is 77.6 Å². The average molecular weight is 204 g/mol. The van der Waals surface area contributed by atoms with Gasteiger partial charge in [0.05, 0.1) is 0 Å². The summed E-state index contributed by atoms with van der Waals surface area (Å²) in [6.07, 6.45) is 1.59. The number of carbonyl (C=O) groups is 1. The van der Waals surface area contributed by atoms with Gasteiger partial charge in [0, 0.05) is 4.90 Å². The van der Waals surface area contributed by atoms with E-state index in [9.17, 15) is 13.6 Å². The van der Waals surface area contributed by atoms with E-state index in [0.29, 0.717) is 0 Å². The van der Waals surface area contributed by atoms with Gasteiger partial charge < -0.3 is 5.11 Å². The van der Waals surface area contributed by atoms with Gasteiger partial charge in [0.2, 0.25) is 0 Å². The molecule has 0 saturated heterocycles. The zero-order valence-electron chi connectivity index (χ0n) is 6.67. The second kappa shape index (κ2) is 3.74. The van der Waals surface area contributed by atoms with Gasteiger partial charge in [-0.3, -0.25) is 0 Å². The number of hydrogen-bond donors (Lipinski definition) is 1. The zero-order valence-corrected chi connectivity index (χ0v) is 7.49. The maximum absolute atomic E-state index is 13.1. The summed E-state index contributed by atoms with van der Waals surface area (Å²) in [4.78, 5) is 10.5. The van der Waals surface area contributed by atoms with Crippen molar-refractivity contribution in [3.05, 3.63) is 29.3 Å². The van der Waals surface area contributed by atoms with Crippen LogP contribution in [0.15, 0.2) is 17.0 Å². The van der Waals surface area contributed by atoms with E-state index in [1.165, 1.54) is 6.07 Å². The summed E-state index contributed by atoms with van der Waals surface area (Å²) in [5.41, 5.74) is -0.896. The molecule has 5 heteroatoms. The monoisotopic (exact) mass is 204 g/mol. The molecule has 0 bridgehead atoms. The molecule has 0 radical (unpaired) electrons. The van der Waals surface area contributed by atoms with Gasteiger partial charge in [0.15, 0.2) is 5.82 Å². The number of aromatic carboxylic acids is 1. The Morgan fingerprint density at radius 3 is 2.54 bits per heavy atom. The van der Waals surface area contributed by atoms with Crippen molar-refractivity contribution < 1.29 is 18.7 Å². The molecule has 0 aliphatic heterocycles. The predicted molar refractivity (Wildman–Crippen MR) is 45.1 cm³/mol. The van der Waals surface area contributed by atoms with Crippen molar-refractivity contribution in [2.24, 2.45) is 0 Å². The van der Waals surface area contributed by atoms with E-state index in [2.05, 4.69) is 0 Å². The molecule has 1 aromatic carbocycles. The lowest BCUT2D eigenvalue weighted by Crippen LogP contribution is -2.05. The summed E-state index contributed by atoms with van der Waals surface area (Å²) >= 11 is 1.03. The smallest absolute Gasteiger partial charge is 0.341 e. The van der Waals surface area contributed by atoms with Crippen molar-refractivity contribution in [1.29, 1.82) is 0 Å². The molecule has 0 spiro atoms. The summed E-state index contributed by atoms with van der Waals surface area (Å²) in [5, 5.41) is 8.48. The molecule has 0 unspecified atom stereocenters. The Kier molecular flexibility index (Phi) is 2.87. The standard InChI is InChI=1S/C8H6F2O2S/c1-13-5-3-2-4(9)6(7(5)10)8(11)12/h2-3H,1H3,(H,11,12). The minimum absolute atomic E-state index is 0.124. The lowest BCUT2D eigenvalue weighted by molar-refractivity contribution is 0.0685. The fraction of sp³-hybridized carbons (Fsp3) is 0.125.